The number of benzene rings is 1. The molecule has 0 saturated carbocycles. The molecule has 0 aliphatic rings. The number of aromatic nitrogens is 2. The minimum absolute atomic E-state index is 0.455. The fraction of sp³-hybridized carbons (Fsp3) is 0.222. The maximum atomic E-state index is 13.2. The molecule has 0 bridgehead atoms. The highest BCUT2D eigenvalue weighted by molar-refractivity contribution is 8.03. The van der Waals surface area contributed by atoms with E-state index in [0.717, 1.165) is 0 Å². The van der Waals surface area contributed by atoms with Crippen LogP contribution in [-0.2, 0) is 0 Å². The van der Waals surface area contributed by atoms with Crippen molar-refractivity contribution in [3.8, 4) is 0 Å². The van der Waals surface area contributed by atoms with Gasteiger partial charge in [0.1, 0.15) is 0 Å². The molecule has 1 aromatic heterocycles. The van der Waals surface area contributed by atoms with Gasteiger partial charge in [0.15, 0.2) is 0 Å². The minimum atomic E-state index is -2.52. The summed E-state index contributed by atoms with van der Waals surface area (Å²) >= 11 is 22.1. The standard InChI is InChI=1S/C9H4Cl4F2N2S2/c10-8(11,14)18-6-2-1-5-4-16-17(7(5)3-6)19-9(12,13)15/h1-4H. The highest BCUT2D eigenvalue weighted by Gasteiger charge is 2.27. The average Bonchev–Trinajstić information content (AvgIpc) is 2.56. The third-order valence-corrected chi connectivity index (χ3v) is 4.20. The van der Waals surface area contributed by atoms with Crippen LogP contribution in [0.5, 0.6) is 0 Å². The Kier molecular flexibility index (Phi) is 4.70. The third kappa shape index (κ3) is 4.72. The molecule has 0 amide bonds. The second-order valence-corrected chi connectivity index (χ2v) is 9.02. The van der Waals surface area contributed by atoms with Gasteiger partial charge in [-0.25, -0.2) is 4.09 Å². The van der Waals surface area contributed by atoms with Gasteiger partial charge in [0, 0.05) is 10.3 Å². The van der Waals surface area contributed by atoms with Crippen molar-refractivity contribution in [1.82, 2.24) is 9.19 Å². The fourth-order valence-electron chi connectivity index (χ4n) is 1.34. The molecule has 1 aromatic carbocycles. The van der Waals surface area contributed by atoms with Crippen LogP contribution in [-0.4, -0.2) is 17.0 Å². The second-order valence-electron chi connectivity index (χ2n) is 3.32. The molecule has 10 heteroatoms. The molecule has 2 rings (SSSR count). The van der Waals surface area contributed by atoms with Crippen LogP contribution in [0, 0.1) is 0 Å². The molecular formula is C9H4Cl4F2N2S2. The van der Waals surface area contributed by atoms with E-state index in [2.05, 4.69) is 5.10 Å². The summed E-state index contributed by atoms with van der Waals surface area (Å²) < 4.78 is 22.5. The van der Waals surface area contributed by atoms with Gasteiger partial charge in [-0.3, -0.25) is 0 Å². The molecule has 0 atom stereocenters. The molecule has 0 fully saturated rings. The first-order valence-corrected chi connectivity index (χ1v) is 7.74. The van der Waals surface area contributed by atoms with Crippen molar-refractivity contribution in [1.29, 1.82) is 0 Å². The van der Waals surface area contributed by atoms with Gasteiger partial charge in [-0.2, -0.15) is 13.9 Å². The van der Waals surface area contributed by atoms with Crippen LogP contribution >= 0.6 is 70.1 Å². The zero-order valence-corrected chi connectivity index (χ0v) is 13.4. The van der Waals surface area contributed by atoms with E-state index in [1.165, 1.54) is 10.3 Å². The van der Waals surface area contributed by atoms with E-state index in [0.29, 0.717) is 39.5 Å². The number of rotatable bonds is 4. The first kappa shape index (κ1) is 15.8. The summed E-state index contributed by atoms with van der Waals surface area (Å²) in [4.78, 5) is 0.455. The lowest BCUT2D eigenvalue weighted by molar-refractivity contribution is 0.513. The van der Waals surface area contributed by atoms with Crippen molar-refractivity contribution in [2.45, 2.75) is 12.7 Å². The number of halogens is 6. The molecule has 1 heterocycles. The Labute approximate surface area is 135 Å². The summed E-state index contributed by atoms with van der Waals surface area (Å²) in [5, 5.41) is 4.63. The number of nitrogens with zero attached hydrogens (tertiary/aromatic N) is 2. The molecule has 0 spiro atoms. The van der Waals surface area contributed by atoms with E-state index in [1.807, 2.05) is 0 Å². The van der Waals surface area contributed by atoms with Crippen LogP contribution < -0.4 is 0 Å². The highest BCUT2D eigenvalue weighted by atomic mass is 35.5. The normalized spacial score (nSPS) is 13.2. The summed E-state index contributed by atoms with van der Waals surface area (Å²) in [6.45, 7) is 0. The van der Waals surface area contributed by atoms with Gasteiger partial charge in [-0.15, -0.1) is 0 Å². The van der Waals surface area contributed by atoms with E-state index in [1.54, 1.807) is 18.2 Å². The van der Waals surface area contributed by atoms with Crippen LogP contribution in [0.2, 0.25) is 0 Å². The van der Waals surface area contributed by atoms with Crippen molar-refractivity contribution in [3.63, 3.8) is 0 Å². The molecule has 0 N–H and O–H groups in total. The predicted octanol–water partition coefficient (Wildman–Crippen LogP) is 5.74. The Balaban J connectivity index is 2.37. The molecule has 0 saturated heterocycles. The number of hydrogen-bond donors (Lipinski definition) is 0. The topological polar surface area (TPSA) is 17.8 Å². The van der Waals surface area contributed by atoms with Crippen LogP contribution in [0.25, 0.3) is 10.9 Å². The van der Waals surface area contributed by atoms with Gasteiger partial charge in [-0.05, 0) is 12.1 Å². The van der Waals surface area contributed by atoms with E-state index in [9.17, 15) is 8.78 Å². The summed E-state index contributed by atoms with van der Waals surface area (Å²) in [6.07, 6.45) is 1.50. The van der Waals surface area contributed by atoms with Crippen LogP contribution in [0.1, 0.15) is 0 Å². The van der Waals surface area contributed by atoms with E-state index >= 15 is 0 Å². The zero-order valence-electron chi connectivity index (χ0n) is 8.79. The Morgan fingerprint density at radius 2 is 1.79 bits per heavy atom. The number of thioether (sulfide) groups is 1. The Bertz CT molecular complexity index is 594. The number of alkyl halides is 6. The van der Waals surface area contributed by atoms with Gasteiger partial charge in [0.2, 0.25) is 0 Å². The van der Waals surface area contributed by atoms with Crippen LogP contribution in [0.15, 0.2) is 29.3 Å². The maximum Gasteiger partial charge on any atom is 0.325 e. The van der Waals surface area contributed by atoms with Gasteiger partial charge in [0.25, 0.3) is 0 Å². The maximum absolute atomic E-state index is 13.2. The lowest BCUT2D eigenvalue weighted by Gasteiger charge is -2.10. The lowest BCUT2D eigenvalue weighted by Crippen LogP contribution is -2.02. The van der Waals surface area contributed by atoms with Crippen molar-refractivity contribution in [2.24, 2.45) is 0 Å². The van der Waals surface area contributed by atoms with E-state index < -0.39 is 7.84 Å². The van der Waals surface area contributed by atoms with Crippen LogP contribution in [0.4, 0.5) is 8.78 Å². The molecule has 0 unspecified atom stereocenters. The van der Waals surface area contributed by atoms with Gasteiger partial charge in [0.05, 0.1) is 23.7 Å². The van der Waals surface area contributed by atoms with Crippen LogP contribution in [0.3, 0.4) is 0 Å². The first-order valence-electron chi connectivity index (χ1n) is 4.64. The Hall–Kier alpha value is 0.410. The molecule has 0 radical (unpaired) electrons. The SMILES string of the molecule is FC(Cl)(Cl)Sc1ccc2cnn(SC(F)(Cl)Cl)c2c1. The third-order valence-electron chi connectivity index (χ3n) is 1.93. The Morgan fingerprint density at radius 1 is 1.11 bits per heavy atom. The first-order chi connectivity index (χ1) is 8.64. The highest BCUT2D eigenvalue weighted by Crippen LogP contribution is 2.43. The average molecular weight is 384 g/mol. The molecule has 19 heavy (non-hydrogen) atoms. The Morgan fingerprint density at radius 3 is 2.37 bits per heavy atom. The molecule has 0 aliphatic heterocycles. The molecule has 2 nitrogen and oxygen atoms in total. The molecule has 104 valence electrons. The van der Waals surface area contributed by atoms with Crippen molar-refractivity contribution in [2.75, 3.05) is 0 Å². The van der Waals surface area contributed by atoms with E-state index in [4.69, 9.17) is 46.4 Å². The smallest absolute Gasteiger partial charge is 0.201 e. The summed E-state index contributed by atoms with van der Waals surface area (Å²) in [5.41, 5.74) is 0.510. The summed E-state index contributed by atoms with van der Waals surface area (Å²) in [7, 11) is 0. The van der Waals surface area contributed by atoms with Gasteiger partial charge >= 0.3 is 7.84 Å². The molecule has 0 aliphatic carbocycles. The monoisotopic (exact) mass is 382 g/mol. The van der Waals surface area contributed by atoms with Crippen molar-refractivity contribution < 1.29 is 8.78 Å². The van der Waals surface area contributed by atoms with Crippen molar-refractivity contribution in [3.05, 3.63) is 24.4 Å². The van der Waals surface area contributed by atoms with Gasteiger partial charge < -0.3 is 0 Å². The lowest BCUT2D eigenvalue weighted by atomic mass is 10.3. The molecular weight excluding hydrogens is 380 g/mol. The largest absolute Gasteiger partial charge is 0.325 e. The predicted molar refractivity (Wildman–Crippen MR) is 79.7 cm³/mol. The quantitative estimate of drug-likeness (QED) is 0.495. The summed E-state index contributed by atoms with van der Waals surface area (Å²) in [5.74, 6) is 0. The number of hydrogen-bond acceptors (Lipinski definition) is 3. The fourth-order valence-corrected chi connectivity index (χ4v) is 3.39. The van der Waals surface area contributed by atoms with E-state index in [-0.39, 0.29) is 0 Å². The number of fused-ring (bicyclic) bond motifs is 1. The molecule has 2 aromatic rings. The summed E-state index contributed by atoms with van der Waals surface area (Å²) in [6, 6.07) is 4.84. The minimum Gasteiger partial charge on any atom is -0.201 e. The zero-order chi connectivity index (χ0) is 14.3. The van der Waals surface area contributed by atoms with Gasteiger partial charge in [-0.1, -0.05) is 64.2 Å². The second kappa shape index (κ2) is 5.66. The van der Waals surface area contributed by atoms with Crippen molar-refractivity contribution >= 4 is 81.0 Å².